The smallest absolute Gasteiger partial charge is 0.122 e. The molecule has 100 valence electrons. The molecule has 1 atom stereocenters. The Hall–Kier alpha value is -1.87. The zero-order valence-electron chi connectivity index (χ0n) is 11.3. The third kappa shape index (κ3) is 3.80. The van der Waals surface area contributed by atoms with E-state index in [2.05, 4.69) is 4.98 Å². The maximum absolute atomic E-state index is 9.52. The number of hydrogen-bond donors (Lipinski definition) is 1. The van der Waals surface area contributed by atoms with Crippen molar-refractivity contribution in [1.29, 1.82) is 0 Å². The van der Waals surface area contributed by atoms with Gasteiger partial charge in [0, 0.05) is 18.8 Å². The van der Waals surface area contributed by atoms with Crippen molar-refractivity contribution < 1.29 is 9.84 Å². The molecule has 2 rings (SSSR count). The summed E-state index contributed by atoms with van der Waals surface area (Å²) in [7, 11) is 0. The van der Waals surface area contributed by atoms with Gasteiger partial charge in [-0.25, -0.2) is 0 Å². The Labute approximate surface area is 113 Å². The monoisotopic (exact) mass is 257 g/mol. The van der Waals surface area contributed by atoms with Crippen LogP contribution in [0, 0.1) is 6.92 Å². The van der Waals surface area contributed by atoms with Crippen LogP contribution < -0.4 is 4.74 Å². The van der Waals surface area contributed by atoms with E-state index in [-0.39, 0.29) is 0 Å². The number of nitrogens with zero attached hydrogens (tertiary/aromatic N) is 1. The van der Waals surface area contributed by atoms with Crippen LogP contribution in [0.15, 0.2) is 42.7 Å². The number of rotatable bonds is 5. The van der Waals surface area contributed by atoms with E-state index in [1.165, 1.54) is 5.56 Å². The Morgan fingerprint density at radius 3 is 2.79 bits per heavy atom. The van der Waals surface area contributed by atoms with E-state index in [4.69, 9.17) is 4.74 Å². The molecule has 0 bridgehead atoms. The molecule has 0 aliphatic rings. The molecule has 1 aromatic carbocycles. The summed E-state index contributed by atoms with van der Waals surface area (Å²) in [6.45, 7) is 4.38. The van der Waals surface area contributed by atoms with Gasteiger partial charge in [-0.15, -0.1) is 0 Å². The largest absolute Gasteiger partial charge is 0.493 e. The molecule has 3 nitrogen and oxygen atoms in total. The average molecular weight is 257 g/mol. The molecule has 1 heterocycles. The van der Waals surface area contributed by atoms with E-state index >= 15 is 0 Å². The van der Waals surface area contributed by atoms with Crippen molar-refractivity contribution in [2.24, 2.45) is 0 Å². The minimum absolute atomic E-state index is 0.442. The first kappa shape index (κ1) is 13.6. The summed E-state index contributed by atoms with van der Waals surface area (Å²) in [5.74, 6) is 0.869. The van der Waals surface area contributed by atoms with Crippen molar-refractivity contribution in [1.82, 2.24) is 4.98 Å². The Morgan fingerprint density at radius 1 is 1.32 bits per heavy atom. The summed E-state index contributed by atoms with van der Waals surface area (Å²) in [6.07, 6.45) is 4.02. The lowest BCUT2D eigenvalue weighted by Crippen LogP contribution is -2.03. The van der Waals surface area contributed by atoms with Gasteiger partial charge in [0.15, 0.2) is 0 Å². The molecule has 3 heteroatoms. The molecule has 19 heavy (non-hydrogen) atoms. The van der Waals surface area contributed by atoms with Crippen molar-refractivity contribution in [2.45, 2.75) is 26.4 Å². The van der Waals surface area contributed by atoms with Gasteiger partial charge in [-0.2, -0.15) is 0 Å². The molecule has 1 N–H and O–H groups in total. The molecule has 1 unspecified atom stereocenters. The summed E-state index contributed by atoms with van der Waals surface area (Å²) >= 11 is 0. The highest BCUT2D eigenvalue weighted by atomic mass is 16.5. The molecular weight excluding hydrogens is 238 g/mol. The van der Waals surface area contributed by atoms with Crippen LogP contribution in [0.1, 0.15) is 29.7 Å². The van der Waals surface area contributed by atoms with Crippen LogP contribution in [0.5, 0.6) is 5.75 Å². The van der Waals surface area contributed by atoms with Gasteiger partial charge < -0.3 is 9.84 Å². The van der Waals surface area contributed by atoms with Crippen molar-refractivity contribution in [3.8, 4) is 5.75 Å². The summed E-state index contributed by atoms with van der Waals surface area (Å²) in [5, 5.41) is 9.52. The van der Waals surface area contributed by atoms with Gasteiger partial charge in [-0.1, -0.05) is 12.1 Å². The minimum Gasteiger partial charge on any atom is -0.493 e. The van der Waals surface area contributed by atoms with Gasteiger partial charge in [-0.05, 0) is 48.7 Å². The molecule has 0 aliphatic heterocycles. The lowest BCUT2D eigenvalue weighted by molar-refractivity contribution is 0.199. The molecule has 0 fully saturated rings. The molecule has 2 aromatic rings. The molecule has 0 saturated heterocycles. The van der Waals surface area contributed by atoms with Crippen LogP contribution in [-0.4, -0.2) is 16.7 Å². The van der Waals surface area contributed by atoms with E-state index in [0.717, 1.165) is 23.3 Å². The van der Waals surface area contributed by atoms with E-state index in [1.54, 1.807) is 13.1 Å². The second-order valence-electron chi connectivity index (χ2n) is 4.66. The molecular formula is C16H19NO2. The molecule has 0 aliphatic carbocycles. The van der Waals surface area contributed by atoms with Crippen LogP contribution in [-0.2, 0) is 6.42 Å². The van der Waals surface area contributed by atoms with Crippen LogP contribution in [0.3, 0.4) is 0 Å². The van der Waals surface area contributed by atoms with Crippen molar-refractivity contribution in [3.05, 3.63) is 59.4 Å². The van der Waals surface area contributed by atoms with Gasteiger partial charge in [-0.3, -0.25) is 4.98 Å². The van der Waals surface area contributed by atoms with Gasteiger partial charge in [0.05, 0.1) is 12.7 Å². The zero-order valence-corrected chi connectivity index (χ0v) is 11.3. The Kier molecular flexibility index (Phi) is 4.53. The number of aliphatic hydroxyl groups excluding tert-OH is 1. The fourth-order valence-corrected chi connectivity index (χ4v) is 1.92. The first-order valence-corrected chi connectivity index (χ1v) is 6.47. The number of aliphatic hydroxyl groups is 1. The average Bonchev–Trinajstić information content (AvgIpc) is 2.41. The van der Waals surface area contributed by atoms with Crippen LogP contribution in [0.2, 0.25) is 0 Å². The normalized spacial score (nSPS) is 12.2. The predicted octanol–water partition coefficient (Wildman–Crippen LogP) is 3.06. The number of aromatic nitrogens is 1. The predicted molar refractivity (Wildman–Crippen MR) is 75.2 cm³/mol. The maximum Gasteiger partial charge on any atom is 0.122 e. The lowest BCUT2D eigenvalue weighted by Gasteiger charge is -2.12. The molecule has 1 aromatic heterocycles. The van der Waals surface area contributed by atoms with Crippen molar-refractivity contribution >= 4 is 0 Å². The number of benzene rings is 1. The SMILES string of the molecule is Cc1cc(C(C)O)ccc1OCCc1cccnc1. The molecule has 0 amide bonds. The topological polar surface area (TPSA) is 42.4 Å². The van der Waals surface area contributed by atoms with E-state index in [9.17, 15) is 5.11 Å². The Bertz CT molecular complexity index is 524. The van der Waals surface area contributed by atoms with Crippen LogP contribution in [0.4, 0.5) is 0 Å². The second-order valence-corrected chi connectivity index (χ2v) is 4.66. The van der Waals surface area contributed by atoms with E-state index in [0.29, 0.717) is 6.61 Å². The van der Waals surface area contributed by atoms with Gasteiger partial charge >= 0.3 is 0 Å². The summed E-state index contributed by atoms with van der Waals surface area (Å²) in [4.78, 5) is 4.08. The first-order chi connectivity index (χ1) is 9.16. The Morgan fingerprint density at radius 2 is 2.16 bits per heavy atom. The second kappa shape index (κ2) is 6.34. The van der Waals surface area contributed by atoms with Crippen molar-refractivity contribution in [2.75, 3.05) is 6.61 Å². The number of aryl methyl sites for hydroxylation is 1. The van der Waals surface area contributed by atoms with Crippen molar-refractivity contribution in [3.63, 3.8) is 0 Å². The highest BCUT2D eigenvalue weighted by molar-refractivity contribution is 5.36. The third-order valence-electron chi connectivity index (χ3n) is 3.05. The van der Waals surface area contributed by atoms with Gasteiger partial charge in [0.2, 0.25) is 0 Å². The fraction of sp³-hybridized carbons (Fsp3) is 0.312. The Balaban J connectivity index is 1.93. The zero-order chi connectivity index (χ0) is 13.7. The van der Waals surface area contributed by atoms with Gasteiger partial charge in [0.1, 0.15) is 5.75 Å². The maximum atomic E-state index is 9.52. The number of pyridine rings is 1. The summed E-state index contributed by atoms with van der Waals surface area (Å²) in [6, 6.07) is 9.75. The molecule has 0 spiro atoms. The number of hydrogen-bond acceptors (Lipinski definition) is 3. The minimum atomic E-state index is -0.442. The highest BCUT2D eigenvalue weighted by Crippen LogP contribution is 2.22. The first-order valence-electron chi connectivity index (χ1n) is 6.47. The van der Waals surface area contributed by atoms with E-state index in [1.807, 2.05) is 43.5 Å². The van der Waals surface area contributed by atoms with E-state index < -0.39 is 6.10 Å². The third-order valence-corrected chi connectivity index (χ3v) is 3.05. The van der Waals surface area contributed by atoms with Crippen LogP contribution in [0.25, 0.3) is 0 Å². The quantitative estimate of drug-likeness (QED) is 0.895. The summed E-state index contributed by atoms with van der Waals surface area (Å²) < 4.78 is 5.77. The summed E-state index contributed by atoms with van der Waals surface area (Å²) in [5.41, 5.74) is 3.13. The lowest BCUT2D eigenvalue weighted by atomic mass is 10.1. The molecule has 0 radical (unpaired) electrons. The molecule has 0 saturated carbocycles. The number of ether oxygens (including phenoxy) is 1. The fourth-order valence-electron chi connectivity index (χ4n) is 1.92. The standard InChI is InChI=1S/C16H19NO2/c1-12-10-15(13(2)18)5-6-16(12)19-9-7-14-4-3-8-17-11-14/h3-6,8,10-11,13,18H,7,9H2,1-2H3. The van der Waals surface area contributed by atoms with Crippen LogP contribution >= 0.6 is 0 Å². The highest BCUT2D eigenvalue weighted by Gasteiger charge is 2.05. The van der Waals surface area contributed by atoms with Gasteiger partial charge in [0.25, 0.3) is 0 Å².